The molecule has 2 aromatic rings. The predicted molar refractivity (Wildman–Crippen MR) is 116 cm³/mol. The van der Waals surface area contributed by atoms with Gasteiger partial charge in [0.1, 0.15) is 24.8 Å². The number of nitrogens with zero attached hydrogens (tertiary/aromatic N) is 2. The zero-order valence-corrected chi connectivity index (χ0v) is 18.7. The quantitative estimate of drug-likeness (QED) is 0.644. The first-order chi connectivity index (χ1) is 15.8. The second-order valence-corrected chi connectivity index (χ2v) is 9.68. The molecule has 0 aromatic heterocycles. The number of rotatable bonds is 7. The van der Waals surface area contributed by atoms with Crippen molar-refractivity contribution < 1.29 is 31.5 Å². The average Bonchev–Trinajstić information content (AvgIpc) is 2.79. The average molecular weight is 482 g/mol. The first-order valence-corrected chi connectivity index (χ1v) is 12.1. The van der Waals surface area contributed by atoms with Crippen LogP contribution in [0.4, 0.5) is 8.78 Å². The van der Waals surface area contributed by atoms with Crippen LogP contribution in [0.25, 0.3) is 0 Å². The van der Waals surface area contributed by atoms with E-state index in [0.717, 1.165) is 28.1 Å². The number of piperazine rings is 1. The third-order valence-electron chi connectivity index (χ3n) is 5.56. The molecule has 4 rings (SSSR count). The molecule has 33 heavy (non-hydrogen) atoms. The van der Waals surface area contributed by atoms with Gasteiger partial charge < -0.3 is 14.8 Å². The van der Waals surface area contributed by atoms with Gasteiger partial charge >= 0.3 is 0 Å². The van der Waals surface area contributed by atoms with Gasteiger partial charge in [-0.05, 0) is 36.2 Å². The van der Waals surface area contributed by atoms with Crippen LogP contribution in [0.3, 0.4) is 0 Å². The van der Waals surface area contributed by atoms with Gasteiger partial charge in [-0.3, -0.25) is 9.69 Å². The monoisotopic (exact) mass is 481 g/mol. The highest BCUT2D eigenvalue weighted by atomic mass is 32.2. The van der Waals surface area contributed by atoms with E-state index in [-0.39, 0.29) is 38.6 Å². The second-order valence-electron chi connectivity index (χ2n) is 7.81. The number of halogens is 2. The number of ether oxygens (including phenoxy) is 2. The molecule has 1 N–H and O–H groups in total. The summed E-state index contributed by atoms with van der Waals surface area (Å²) in [6.07, 6.45) is 0.628. The van der Waals surface area contributed by atoms with Crippen LogP contribution < -0.4 is 14.8 Å². The van der Waals surface area contributed by atoms with Crippen LogP contribution in [0.15, 0.2) is 41.3 Å². The summed E-state index contributed by atoms with van der Waals surface area (Å²) in [5.41, 5.74) is 1.01. The molecular weight excluding hydrogens is 456 g/mol. The number of carbonyl (C=O) groups is 1. The maximum atomic E-state index is 14.0. The normalized spacial score (nSPS) is 17.0. The lowest BCUT2D eigenvalue weighted by Crippen LogP contribution is -2.51. The summed E-state index contributed by atoms with van der Waals surface area (Å²) >= 11 is 0. The lowest BCUT2D eigenvalue weighted by molar-refractivity contribution is -0.122. The van der Waals surface area contributed by atoms with E-state index in [9.17, 15) is 22.0 Å². The minimum Gasteiger partial charge on any atom is -0.486 e. The van der Waals surface area contributed by atoms with E-state index in [4.69, 9.17) is 9.47 Å². The Hall–Kier alpha value is -2.76. The van der Waals surface area contributed by atoms with Crippen molar-refractivity contribution in [3.8, 4) is 11.5 Å². The molecule has 2 heterocycles. The third-order valence-corrected chi connectivity index (χ3v) is 7.51. The summed E-state index contributed by atoms with van der Waals surface area (Å²) < 4.78 is 65.3. The van der Waals surface area contributed by atoms with E-state index in [0.29, 0.717) is 37.7 Å². The van der Waals surface area contributed by atoms with Crippen LogP contribution in [0.2, 0.25) is 0 Å². The lowest BCUT2D eigenvalue weighted by Gasteiger charge is -2.33. The van der Waals surface area contributed by atoms with Gasteiger partial charge in [-0.1, -0.05) is 12.1 Å². The van der Waals surface area contributed by atoms with Crippen molar-refractivity contribution in [2.75, 3.05) is 52.5 Å². The molecular formula is C22H25F2N3O5S. The van der Waals surface area contributed by atoms with Crippen LogP contribution >= 0.6 is 0 Å². The number of hydrogen-bond acceptors (Lipinski definition) is 6. The van der Waals surface area contributed by atoms with E-state index in [1.165, 1.54) is 0 Å². The second kappa shape index (κ2) is 10.0. The van der Waals surface area contributed by atoms with Gasteiger partial charge in [0.15, 0.2) is 16.4 Å². The van der Waals surface area contributed by atoms with E-state index in [2.05, 4.69) is 5.32 Å². The third kappa shape index (κ3) is 5.43. The van der Waals surface area contributed by atoms with Crippen molar-refractivity contribution in [2.45, 2.75) is 11.3 Å². The van der Waals surface area contributed by atoms with Crippen LogP contribution in [0.5, 0.6) is 11.5 Å². The summed E-state index contributed by atoms with van der Waals surface area (Å²) in [5.74, 6) is -0.991. The Labute approximate surface area is 191 Å². The Bertz CT molecular complexity index is 1100. The fraction of sp³-hybridized carbons (Fsp3) is 0.409. The van der Waals surface area contributed by atoms with E-state index in [1.807, 2.05) is 23.1 Å². The van der Waals surface area contributed by atoms with Crippen molar-refractivity contribution in [3.63, 3.8) is 0 Å². The van der Waals surface area contributed by atoms with Gasteiger partial charge in [0.05, 0.1) is 6.54 Å². The first kappa shape index (κ1) is 23.4. The number of carbonyl (C=O) groups excluding carboxylic acids is 1. The number of nitrogens with one attached hydrogen (secondary N) is 1. The largest absolute Gasteiger partial charge is 0.486 e. The molecule has 1 fully saturated rings. The number of amides is 1. The summed E-state index contributed by atoms with van der Waals surface area (Å²) in [4.78, 5) is 13.2. The molecule has 0 spiro atoms. The summed E-state index contributed by atoms with van der Waals surface area (Å²) in [7, 11) is -4.29. The fourth-order valence-electron chi connectivity index (χ4n) is 3.83. The molecule has 0 radical (unpaired) electrons. The Morgan fingerprint density at radius 2 is 1.64 bits per heavy atom. The Morgan fingerprint density at radius 3 is 2.33 bits per heavy atom. The summed E-state index contributed by atoms with van der Waals surface area (Å²) in [6, 6.07) is 8.64. The van der Waals surface area contributed by atoms with E-state index >= 15 is 0 Å². The molecule has 0 atom stereocenters. The number of fused-ring (bicyclic) bond motifs is 1. The minimum atomic E-state index is -4.29. The predicted octanol–water partition coefficient (Wildman–Crippen LogP) is 1.40. The Morgan fingerprint density at radius 1 is 0.970 bits per heavy atom. The SMILES string of the molecule is O=C(CN1CCN(S(=O)(=O)c2c(F)cccc2F)CC1)NCCc1ccc2c(c1)OCCO2. The van der Waals surface area contributed by atoms with Gasteiger partial charge in [-0.15, -0.1) is 0 Å². The minimum absolute atomic E-state index is 0.0422. The fourth-order valence-corrected chi connectivity index (χ4v) is 5.37. The smallest absolute Gasteiger partial charge is 0.249 e. The van der Waals surface area contributed by atoms with Gasteiger partial charge in [0.25, 0.3) is 0 Å². The molecule has 8 nitrogen and oxygen atoms in total. The lowest BCUT2D eigenvalue weighted by atomic mass is 10.1. The number of sulfonamides is 1. The first-order valence-electron chi connectivity index (χ1n) is 10.7. The van der Waals surface area contributed by atoms with Crippen LogP contribution in [-0.2, 0) is 21.2 Å². The van der Waals surface area contributed by atoms with Crippen LogP contribution in [0.1, 0.15) is 5.56 Å². The summed E-state index contributed by atoms with van der Waals surface area (Å²) in [5, 5.41) is 2.86. The molecule has 0 unspecified atom stereocenters. The molecule has 1 saturated heterocycles. The van der Waals surface area contributed by atoms with Gasteiger partial charge in [0, 0.05) is 32.7 Å². The topological polar surface area (TPSA) is 88.2 Å². The van der Waals surface area contributed by atoms with Crippen molar-refractivity contribution in [1.82, 2.24) is 14.5 Å². The standard InChI is InChI=1S/C22H25F2N3O5S/c23-17-2-1-3-18(24)22(17)33(29,30)27-10-8-26(9-11-27)15-21(28)25-7-6-16-4-5-19-20(14-16)32-13-12-31-19/h1-5,14H,6-13,15H2,(H,25,28). The maximum Gasteiger partial charge on any atom is 0.249 e. The highest BCUT2D eigenvalue weighted by Crippen LogP contribution is 2.30. The molecule has 2 aliphatic rings. The highest BCUT2D eigenvalue weighted by molar-refractivity contribution is 7.89. The Kier molecular flexibility index (Phi) is 7.11. The maximum absolute atomic E-state index is 14.0. The molecule has 178 valence electrons. The van der Waals surface area contributed by atoms with Gasteiger partial charge in [-0.2, -0.15) is 4.31 Å². The van der Waals surface area contributed by atoms with Crippen molar-refractivity contribution >= 4 is 15.9 Å². The van der Waals surface area contributed by atoms with E-state index in [1.54, 1.807) is 0 Å². The molecule has 1 amide bonds. The Balaban J connectivity index is 1.23. The molecule has 0 saturated carbocycles. The van der Waals surface area contributed by atoms with Gasteiger partial charge in [0.2, 0.25) is 15.9 Å². The van der Waals surface area contributed by atoms with Gasteiger partial charge in [-0.25, -0.2) is 17.2 Å². The van der Waals surface area contributed by atoms with Crippen molar-refractivity contribution in [1.29, 1.82) is 0 Å². The highest BCUT2D eigenvalue weighted by Gasteiger charge is 2.33. The number of benzene rings is 2. The zero-order chi connectivity index (χ0) is 23.4. The molecule has 11 heteroatoms. The number of hydrogen-bond donors (Lipinski definition) is 1. The van der Waals surface area contributed by atoms with Crippen molar-refractivity contribution in [3.05, 3.63) is 53.6 Å². The zero-order valence-electron chi connectivity index (χ0n) is 17.9. The molecule has 2 aliphatic heterocycles. The van der Waals surface area contributed by atoms with Crippen LogP contribution in [-0.4, -0.2) is 76.0 Å². The van der Waals surface area contributed by atoms with E-state index < -0.39 is 26.6 Å². The molecule has 0 aliphatic carbocycles. The van der Waals surface area contributed by atoms with Crippen LogP contribution in [0, 0.1) is 11.6 Å². The van der Waals surface area contributed by atoms with Crippen molar-refractivity contribution in [2.24, 2.45) is 0 Å². The molecule has 2 aromatic carbocycles. The summed E-state index contributed by atoms with van der Waals surface area (Å²) in [6.45, 7) is 2.25. The molecule has 0 bridgehead atoms.